The molecule has 1 aromatic rings. The van der Waals surface area contributed by atoms with Gasteiger partial charge in [-0.15, -0.1) is 0 Å². The second kappa shape index (κ2) is 5.55. The van der Waals surface area contributed by atoms with E-state index in [1.165, 1.54) is 29.8 Å². The fraction of sp³-hybridized carbons (Fsp3) is 0.778. The Hall–Kier alpha value is -0.760. The summed E-state index contributed by atoms with van der Waals surface area (Å²) in [6.07, 6.45) is 4.76. The van der Waals surface area contributed by atoms with Crippen LogP contribution in [0.4, 0.5) is 0 Å². The van der Waals surface area contributed by atoms with Crippen molar-refractivity contribution in [2.24, 2.45) is 17.1 Å². The van der Waals surface area contributed by atoms with Crippen molar-refractivity contribution in [3.05, 3.63) is 23.0 Å². The molecule has 0 radical (unpaired) electrons. The van der Waals surface area contributed by atoms with Gasteiger partial charge in [-0.25, -0.2) is 0 Å². The van der Waals surface area contributed by atoms with Gasteiger partial charge in [-0.3, -0.25) is 0 Å². The molecule has 114 valence electrons. The summed E-state index contributed by atoms with van der Waals surface area (Å²) in [5.41, 5.74) is 11.1. The standard InChI is InChI=1S/C18H32N2/c1-7-14(8-2)13(4)20-12(3)9-15-16(19)10-18(5,6)11-17(15)20/h9,13-14,16H,7-8,10-11,19H2,1-6H3. The molecule has 20 heavy (non-hydrogen) atoms. The predicted octanol–water partition coefficient (Wildman–Crippen LogP) is 4.77. The molecule has 0 spiro atoms. The van der Waals surface area contributed by atoms with Gasteiger partial charge in [0.1, 0.15) is 0 Å². The number of fused-ring (bicyclic) bond motifs is 1. The Kier molecular flexibility index (Phi) is 4.34. The Morgan fingerprint density at radius 3 is 2.50 bits per heavy atom. The summed E-state index contributed by atoms with van der Waals surface area (Å²) in [5, 5.41) is 0. The minimum Gasteiger partial charge on any atom is -0.346 e. The molecule has 0 saturated heterocycles. The average molecular weight is 276 g/mol. The first-order chi connectivity index (χ1) is 9.30. The molecule has 0 fully saturated rings. The van der Waals surface area contributed by atoms with Crippen LogP contribution in [0.3, 0.4) is 0 Å². The molecule has 0 aromatic carbocycles. The van der Waals surface area contributed by atoms with Crippen molar-refractivity contribution >= 4 is 0 Å². The van der Waals surface area contributed by atoms with E-state index in [-0.39, 0.29) is 6.04 Å². The molecule has 2 nitrogen and oxygen atoms in total. The van der Waals surface area contributed by atoms with Crippen LogP contribution in [0.1, 0.15) is 82.9 Å². The summed E-state index contributed by atoms with van der Waals surface area (Å²) in [4.78, 5) is 0. The van der Waals surface area contributed by atoms with Gasteiger partial charge in [-0.2, -0.15) is 0 Å². The number of rotatable bonds is 4. The largest absolute Gasteiger partial charge is 0.346 e. The van der Waals surface area contributed by atoms with Gasteiger partial charge in [0.2, 0.25) is 0 Å². The predicted molar refractivity (Wildman–Crippen MR) is 87.0 cm³/mol. The number of aromatic nitrogens is 1. The van der Waals surface area contributed by atoms with Crippen LogP contribution in [-0.4, -0.2) is 4.57 Å². The summed E-state index contributed by atoms with van der Waals surface area (Å²) in [6.45, 7) is 14.0. The van der Waals surface area contributed by atoms with Crippen molar-refractivity contribution in [1.82, 2.24) is 4.57 Å². The molecule has 0 amide bonds. The molecule has 0 saturated carbocycles. The number of hydrogen-bond acceptors (Lipinski definition) is 1. The molecule has 2 N–H and O–H groups in total. The van der Waals surface area contributed by atoms with E-state index in [9.17, 15) is 0 Å². The van der Waals surface area contributed by atoms with Crippen molar-refractivity contribution in [3.8, 4) is 0 Å². The average Bonchev–Trinajstić information content (AvgIpc) is 2.65. The molecular weight excluding hydrogens is 244 g/mol. The van der Waals surface area contributed by atoms with Crippen LogP contribution in [0.5, 0.6) is 0 Å². The van der Waals surface area contributed by atoms with E-state index < -0.39 is 0 Å². The lowest BCUT2D eigenvalue weighted by atomic mass is 9.74. The van der Waals surface area contributed by atoms with Crippen LogP contribution in [0, 0.1) is 18.3 Å². The van der Waals surface area contributed by atoms with E-state index in [1.807, 2.05) is 0 Å². The van der Waals surface area contributed by atoms with E-state index in [0.29, 0.717) is 11.5 Å². The number of hydrogen-bond donors (Lipinski definition) is 1. The monoisotopic (exact) mass is 276 g/mol. The quantitative estimate of drug-likeness (QED) is 0.844. The SMILES string of the molecule is CCC(CC)C(C)n1c(C)cc2c1CC(C)(C)CC2N. The summed E-state index contributed by atoms with van der Waals surface area (Å²) in [5.74, 6) is 0.756. The molecular formula is C18H32N2. The maximum Gasteiger partial charge on any atom is 0.0335 e. The zero-order valence-corrected chi connectivity index (χ0v) is 14.2. The molecule has 0 bridgehead atoms. The lowest BCUT2D eigenvalue weighted by molar-refractivity contribution is 0.259. The number of aryl methyl sites for hydroxylation is 1. The Balaban J connectivity index is 2.45. The summed E-state index contributed by atoms with van der Waals surface area (Å²) in [7, 11) is 0. The minimum atomic E-state index is 0.211. The normalized spacial score (nSPS) is 22.9. The fourth-order valence-corrected chi connectivity index (χ4v) is 4.22. The zero-order valence-electron chi connectivity index (χ0n) is 14.2. The first-order valence-electron chi connectivity index (χ1n) is 8.27. The Morgan fingerprint density at radius 2 is 1.95 bits per heavy atom. The van der Waals surface area contributed by atoms with E-state index in [2.05, 4.69) is 52.2 Å². The zero-order chi connectivity index (χ0) is 15.1. The highest BCUT2D eigenvalue weighted by atomic mass is 15.0. The number of nitrogens with two attached hydrogens (primary N) is 1. The lowest BCUT2D eigenvalue weighted by Gasteiger charge is -2.36. The fourth-order valence-electron chi connectivity index (χ4n) is 4.22. The van der Waals surface area contributed by atoms with Gasteiger partial charge in [-0.1, -0.05) is 40.5 Å². The van der Waals surface area contributed by atoms with Gasteiger partial charge in [0.15, 0.2) is 0 Å². The first kappa shape index (κ1) is 15.6. The van der Waals surface area contributed by atoms with Crippen LogP contribution in [0.25, 0.3) is 0 Å². The molecule has 0 aliphatic heterocycles. The molecule has 1 aliphatic rings. The number of nitrogens with zero attached hydrogens (tertiary/aromatic N) is 1. The minimum absolute atomic E-state index is 0.211. The van der Waals surface area contributed by atoms with Crippen molar-refractivity contribution in [2.45, 2.75) is 79.3 Å². The molecule has 2 unspecified atom stereocenters. The van der Waals surface area contributed by atoms with Gasteiger partial charge in [-0.05, 0) is 49.7 Å². The molecule has 1 heterocycles. The molecule has 2 atom stereocenters. The van der Waals surface area contributed by atoms with Crippen molar-refractivity contribution in [3.63, 3.8) is 0 Å². The molecule has 2 heteroatoms. The van der Waals surface area contributed by atoms with Gasteiger partial charge >= 0.3 is 0 Å². The van der Waals surface area contributed by atoms with Crippen LogP contribution in [0.15, 0.2) is 6.07 Å². The third kappa shape index (κ3) is 2.67. The first-order valence-corrected chi connectivity index (χ1v) is 8.27. The maximum absolute atomic E-state index is 6.43. The summed E-state index contributed by atoms with van der Waals surface area (Å²) < 4.78 is 2.59. The smallest absolute Gasteiger partial charge is 0.0335 e. The second-order valence-electron chi connectivity index (χ2n) is 7.53. The topological polar surface area (TPSA) is 30.9 Å². The van der Waals surface area contributed by atoms with Crippen molar-refractivity contribution in [1.29, 1.82) is 0 Å². The van der Waals surface area contributed by atoms with Gasteiger partial charge in [0, 0.05) is 23.5 Å². The summed E-state index contributed by atoms with van der Waals surface area (Å²) >= 11 is 0. The Labute approximate surface area is 124 Å². The highest BCUT2D eigenvalue weighted by Gasteiger charge is 2.34. The lowest BCUT2D eigenvalue weighted by Crippen LogP contribution is -2.31. The van der Waals surface area contributed by atoms with Crippen LogP contribution in [0.2, 0.25) is 0 Å². The maximum atomic E-state index is 6.43. The highest BCUT2D eigenvalue weighted by Crippen LogP contribution is 2.42. The summed E-state index contributed by atoms with van der Waals surface area (Å²) in [6, 6.07) is 3.13. The van der Waals surface area contributed by atoms with Gasteiger partial charge in [0.05, 0.1) is 0 Å². The van der Waals surface area contributed by atoms with E-state index >= 15 is 0 Å². The highest BCUT2D eigenvalue weighted by molar-refractivity contribution is 5.34. The molecule has 1 aliphatic carbocycles. The van der Waals surface area contributed by atoms with Crippen molar-refractivity contribution < 1.29 is 0 Å². The van der Waals surface area contributed by atoms with Crippen LogP contribution < -0.4 is 5.73 Å². The van der Waals surface area contributed by atoms with E-state index in [1.54, 1.807) is 0 Å². The Bertz CT molecular complexity index is 466. The van der Waals surface area contributed by atoms with E-state index in [4.69, 9.17) is 5.73 Å². The second-order valence-corrected chi connectivity index (χ2v) is 7.53. The van der Waals surface area contributed by atoms with Gasteiger partial charge < -0.3 is 10.3 Å². The third-order valence-corrected chi connectivity index (χ3v) is 5.32. The third-order valence-electron chi connectivity index (χ3n) is 5.32. The van der Waals surface area contributed by atoms with Crippen LogP contribution in [-0.2, 0) is 6.42 Å². The molecule has 2 rings (SSSR count). The molecule has 1 aromatic heterocycles. The van der Waals surface area contributed by atoms with Crippen LogP contribution >= 0.6 is 0 Å². The van der Waals surface area contributed by atoms with Crippen molar-refractivity contribution in [2.75, 3.05) is 0 Å². The van der Waals surface area contributed by atoms with Gasteiger partial charge in [0.25, 0.3) is 0 Å². The Morgan fingerprint density at radius 1 is 1.35 bits per heavy atom. The van der Waals surface area contributed by atoms with E-state index in [0.717, 1.165) is 18.8 Å².